The molecule has 9 nitrogen and oxygen atoms in total. The summed E-state index contributed by atoms with van der Waals surface area (Å²) in [5.41, 5.74) is -0.0555. The van der Waals surface area contributed by atoms with E-state index in [1.165, 1.54) is 19.3 Å². The van der Waals surface area contributed by atoms with Crippen molar-refractivity contribution in [3.8, 4) is 28.4 Å². The van der Waals surface area contributed by atoms with Crippen molar-refractivity contribution in [2.24, 2.45) is 7.05 Å². The number of piperidine rings is 2. The summed E-state index contributed by atoms with van der Waals surface area (Å²) in [4.78, 5) is 21.8. The van der Waals surface area contributed by atoms with E-state index in [9.17, 15) is 14.3 Å². The Bertz CT molecular complexity index is 1320. The number of hydrogen-bond acceptors (Lipinski definition) is 8. The molecule has 0 amide bonds. The summed E-state index contributed by atoms with van der Waals surface area (Å²) in [6.45, 7) is 2.14. The molecule has 2 aliphatic heterocycles. The number of alkyl halides is 1. The van der Waals surface area contributed by atoms with E-state index in [1.807, 2.05) is 0 Å². The van der Waals surface area contributed by atoms with Crippen LogP contribution in [0.2, 0.25) is 0 Å². The van der Waals surface area contributed by atoms with Gasteiger partial charge >= 0.3 is 5.69 Å². The van der Waals surface area contributed by atoms with Crippen molar-refractivity contribution in [2.75, 3.05) is 11.9 Å². The molecule has 2 N–H and O–H groups in total. The van der Waals surface area contributed by atoms with Crippen LogP contribution in [-0.4, -0.2) is 60.7 Å². The molecule has 35 heavy (non-hydrogen) atoms. The van der Waals surface area contributed by atoms with E-state index in [4.69, 9.17) is 0 Å². The Hall–Kier alpha value is -3.47. The molecule has 0 unspecified atom stereocenters. The zero-order chi connectivity index (χ0) is 24.9. The zero-order valence-electron chi connectivity index (χ0n) is 19.7. The Morgan fingerprint density at radius 2 is 2.09 bits per heavy atom. The molecular formula is C24H27F2N7O2. The molecule has 2 saturated heterocycles. The van der Waals surface area contributed by atoms with Crippen LogP contribution in [0.5, 0.6) is 5.75 Å². The molecule has 11 heteroatoms. The van der Waals surface area contributed by atoms with E-state index < -0.39 is 17.8 Å². The molecule has 2 fully saturated rings. The number of aromatic nitrogens is 5. The van der Waals surface area contributed by atoms with Crippen LogP contribution in [0, 0.1) is 5.95 Å². The Morgan fingerprint density at radius 1 is 1.29 bits per heavy atom. The van der Waals surface area contributed by atoms with Gasteiger partial charge < -0.3 is 15.3 Å². The third-order valence-electron chi connectivity index (χ3n) is 7.21. The standard InChI is InChI=1S/C24H27F2N7O2/c1-24-8-4-5-15(29-24)21(26)17(11-24)32(2)20-12-27-22(31-30-20)14-7-6-13(9-18(14)34)16-10-19(25)33(3)23(35)28-16/h6-7,9-10,12,15,17,21,29,34H,4-5,8,11H2,1-3H3/t15-,17+,21-,24+/m1/s1. The maximum atomic E-state index is 15.2. The van der Waals surface area contributed by atoms with Gasteiger partial charge in [-0.15, -0.1) is 10.2 Å². The molecule has 2 aliphatic rings. The molecule has 1 aromatic carbocycles. The summed E-state index contributed by atoms with van der Waals surface area (Å²) < 4.78 is 29.9. The van der Waals surface area contributed by atoms with Gasteiger partial charge in [-0.2, -0.15) is 9.37 Å². The Labute approximate surface area is 200 Å². The Kier molecular flexibility index (Phi) is 5.74. The van der Waals surface area contributed by atoms with Crippen LogP contribution in [-0.2, 0) is 7.05 Å². The smallest absolute Gasteiger partial charge is 0.350 e. The highest BCUT2D eigenvalue weighted by Gasteiger charge is 2.47. The van der Waals surface area contributed by atoms with Gasteiger partial charge in [0, 0.05) is 37.3 Å². The Balaban J connectivity index is 1.37. The zero-order valence-corrected chi connectivity index (χ0v) is 19.7. The second-order valence-corrected chi connectivity index (χ2v) is 9.71. The predicted molar refractivity (Wildman–Crippen MR) is 126 cm³/mol. The normalized spacial score (nSPS) is 25.9. The maximum absolute atomic E-state index is 15.2. The van der Waals surface area contributed by atoms with Crippen molar-refractivity contribution in [3.05, 3.63) is 46.9 Å². The summed E-state index contributed by atoms with van der Waals surface area (Å²) in [6, 6.07) is 5.11. The second-order valence-electron chi connectivity index (χ2n) is 9.71. The van der Waals surface area contributed by atoms with Gasteiger partial charge in [-0.1, -0.05) is 6.07 Å². The van der Waals surface area contributed by atoms with Gasteiger partial charge in [-0.25, -0.2) is 14.2 Å². The van der Waals surface area contributed by atoms with Crippen LogP contribution in [0.15, 0.2) is 35.3 Å². The largest absolute Gasteiger partial charge is 0.507 e. The lowest BCUT2D eigenvalue weighted by atomic mass is 9.74. The summed E-state index contributed by atoms with van der Waals surface area (Å²) in [5.74, 6) is -0.282. The van der Waals surface area contributed by atoms with E-state index in [0.717, 1.165) is 29.9 Å². The van der Waals surface area contributed by atoms with Gasteiger partial charge in [0.15, 0.2) is 17.6 Å². The molecule has 184 valence electrons. The van der Waals surface area contributed by atoms with Crippen molar-refractivity contribution in [1.29, 1.82) is 0 Å². The number of benzene rings is 1. The average molecular weight is 484 g/mol. The summed E-state index contributed by atoms with van der Waals surface area (Å²) in [7, 11) is 3.08. The van der Waals surface area contributed by atoms with Crippen LogP contribution < -0.4 is 15.9 Å². The maximum Gasteiger partial charge on any atom is 0.350 e. The van der Waals surface area contributed by atoms with Crippen LogP contribution in [0.3, 0.4) is 0 Å². The second kappa shape index (κ2) is 8.63. The summed E-state index contributed by atoms with van der Waals surface area (Å²) in [5, 5.41) is 22.4. The van der Waals surface area contributed by atoms with E-state index in [-0.39, 0.29) is 34.9 Å². The topological polar surface area (TPSA) is 109 Å². The highest BCUT2D eigenvalue weighted by Crippen LogP contribution is 2.38. The minimum atomic E-state index is -1.03. The molecular weight excluding hydrogens is 456 g/mol. The first-order valence-corrected chi connectivity index (χ1v) is 11.6. The van der Waals surface area contributed by atoms with Crippen LogP contribution in [0.25, 0.3) is 22.6 Å². The molecule has 3 aromatic rings. The van der Waals surface area contributed by atoms with Crippen LogP contribution in [0.4, 0.5) is 14.6 Å². The number of nitrogens with one attached hydrogen (secondary N) is 1. The number of rotatable bonds is 4. The minimum absolute atomic E-state index is 0.0977. The molecule has 4 heterocycles. The number of aromatic hydroxyl groups is 1. The Morgan fingerprint density at radius 3 is 2.77 bits per heavy atom. The first-order valence-electron chi connectivity index (χ1n) is 11.6. The van der Waals surface area contributed by atoms with Gasteiger partial charge in [-0.05, 0) is 44.7 Å². The van der Waals surface area contributed by atoms with Crippen molar-refractivity contribution >= 4 is 5.82 Å². The third kappa shape index (κ3) is 4.24. The summed E-state index contributed by atoms with van der Waals surface area (Å²) in [6.07, 6.45) is 4.00. The molecule has 5 rings (SSSR count). The molecule has 0 aliphatic carbocycles. The lowest BCUT2D eigenvalue weighted by Gasteiger charge is -2.51. The van der Waals surface area contributed by atoms with Crippen molar-refractivity contribution in [1.82, 2.24) is 30.0 Å². The van der Waals surface area contributed by atoms with Gasteiger partial charge in [-0.3, -0.25) is 4.57 Å². The molecule has 0 saturated carbocycles. The van der Waals surface area contributed by atoms with Crippen LogP contribution in [0.1, 0.15) is 32.6 Å². The third-order valence-corrected chi connectivity index (χ3v) is 7.21. The van der Waals surface area contributed by atoms with E-state index in [2.05, 4.69) is 32.4 Å². The molecule has 2 bridgehead atoms. The van der Waals surface area contributed by atoms with E-state index in [0.29, 0.717) is 23.4 Å². The van der Waals surface area contributed by atoms with Gasteiger partial charge in [0.25, 0.3) is 0 Å². The van der Waals surface area contributed by atoms with Gasteiger partial charge in [0.2, 0.25) is 0 Å². The number of phenols is 1. The van der Waals surface area contributed by atoms with Crippen LogP contribution >= 0.6 is 0 Å². The fourth-order valence-electron chi connectivity index (χ4n) is 5.16. The quantitative estimate of drug-likeness (QED) is 0.545. The number of fused-ring (bicyclic) bond motifs is 2. The van der Waals surface area contributed by atoms with E-state index in [1.54, 1.807) is 24.1 Å². The van der Waals surface area contributed by atoms with Crippen molar-refractivity contribution in [2.45, 2.75) is 56.4 Å². The number of hydrogen-bond donors (Lipinski definition) is 2. The lowest BCUT2D eigenvalue weighted by Crippen LogP contribution is -2.66. The number of phenolic OH excluding ortho intramolecular Hbond substituents is 1. The molecule has 4 atom stereocenters. The molecule has 0 spiro atoms. The minimum Gasteiger partial charge on any atom is -0.507 e. The highest BCUT2D eigenvalue weighted by atomic mass is 19.1. The average Bonchev–Trinajstić information content (AvgIpc) is 2.84. The van der Waals surface area contributed by atoms with Gasteiger partial charge in [0.05, 0.1) is 23.5 Å². The van der Waals surface area contributed by atoms with Crippen molar-refractivity contribution in [3.63, 3.8) is 0 Å². The lowest BCUT2D eigenvalue weighted by molar-refractivity contribution is 0.0607. The molecule has 0 radical (unpaired) electrons. The number of anilines is 1. The first-order chi connectivity index (χ1) is 16.6. The monoisotopic (exact) mass is 483 g/mol. The van der Waals surface area contributed by atoms with E-state index >= 15 is 4.39 Å². The first kappa shape index (κ1) is 23.3. The summed E-state index contributed by atoms with van der Waals surface area (Å²) >= 11 is 0. The number of halogens is 2. The highest BCUT2D eigenvalue weighted by molar-refractivity contribution is 5.71. The molecule has 2 aromatic heterocycles. The fraction of sp³-hybridized carbons (Fsp3) is 0.458. The fourth-order valence-corrected chi connectivity index (χ4v) is 5.16. The van der Waals surface area contributed by atoms with Gasteiger partial charge in [0.1, 0.15) is 11.9 Å². The number of nitrogens with zero attached hydrogens (tertiary/aromatic N) is 6. The van der Waals surface area contributed by atoms with Crippen molar-refractivity contribution < 1.29 is 13.9 Å². The predicted octanol–water partition coefficient (Wildman–Crippen LogP) is 2.59. The SMILES string of the molecule is CN(c1cnc(-c2ccc(-c3cc(F)n(C)c(=O)n3)cc2O)nn1)[C@H]1C[C@]2(C)CCC[C@@H](N2)[C@H]1F.